The van der Waals surface area contributed by atoms with E-state index in [1.54, 1.807) is 24.8 Å². The second-order valence-corrected chi connectivity index (χ2v) is 4.86. The normalized spacial score (nSPS) is 9.28. The van der Waals surface area contributed by atoms with E-state index in [1.807, 2.05) is 72.8 Å². The van der Waals surface area contributed by atoms with Crippen molar-refractivity contribution in [1.82, 2.24) is 19.9 Å². The predicted octanol–water partition coefficient (Wildman–Crippen LogP) is 4.28. The van der Waals surface area contributed by atoms with Crippen LogP contribution in [-0.4, -0.2) is 19.9 Å². The van der Waals surface area contributed by atoms with Gasteiger partial charge in [0.2, 0.25) is 0 Å². The summed E-state index contributed by atoms with van der Waals surface area (Å²) in [5, 5.41) is 0. The van der Waals surface area contributed by atoms with Crippen LogP contribution in [0.15, 0.2) is 97.6 Å². The summed E-state index contributed by atoms with van der Waals surface area (Å²) in [5.74, 6) is 0. The number of hydrogen-bond donors (Lipinski definition) is 0. The van der Waals surface area contributed by atoms with E-state index in [0.29, 0.717) is 0 Å². The molecule has 0 amide bonds. The first kappa shape index (κ1) is 18.7. The van der Waals surface area contributed by atoms with Crippen molar-refractivity contribution in [3.05, 3.63) is 97.6 Å². The molecule has 4 aromatic rings. The third-order valence-corrected chi connectivity index (χ3v) is 3.18. The van der Waals surface area contributed by atoms with E-state index >= 15 is 0 Å². The number of pyridine rings is 4. The molecule has 0 aliphatic rings. The van der Waals surface area contributed by atoms with Gasteiger partial charge < -0.3 is 0 Å². The van der Waals surface area contributed by atoms with E-state index < -0.39 is 0 Å². The molecule has 0 bridgehead atoms. The molecule has 4 aromatic heterocycles. The van der Waals surface area contributed by atoms with Gasteiger partial charge in [0.1, 0.15) is 0 Å². The molecule has 0 aliphatic carbocycles. The molecule has 0 aromatic carbocycles. The van der Waals surface area contributed by atoms with Gasteiger partial charge in [-0.15, -0.1) is 0 Å². The molecule has 0 aliphatic heterocycles. The Labute approximate surface area is 162 Å². The first-order valence-corrected chi connectivity index (χ1v) is 7.58. The summed E-state index contributed by atoms with van der Waals surface area (Å²) in [6, 6.07) is 23.2. The Hall–Kier alpha value is -2.66. The van der Waals surface area contributed by atoms with Crippen LogP contribution >= 0.6 is 0 Å². The molecule has 5 heteroatoms. The number of rotatable bonds is 2. The standard InChI is InChI=1S/2C10H8N2.Ag/c2*1-3-7-11-9(5-1)10-6-2-4-8-12-10;/h2*1-8H;/q;;+1. The quantitative estimate of drug-likeness (QED) is 0.455. The van der Waals surface area contributed by atoms with Gasteiger partial charge in [0, 0.05) is 24.8 Å². The van der Waals surface area contributed by atoms with Crippen molar-refractivity contribution >= 4 is 0 Å². The molecule has 4 heterocycles. The average molecular weight is 420 g/mol. The van der Waals surface area contributed by atoms with Crippen molar-refractivity contribution in [3.8, 4) is 22.8 Å². The van der Waals surface area contributed by atoms with E-state index in [0.717, 1.165) is 22.8 Å². The Balaban J connectivity index is 0.000000173. The Bertz CT molecular complexity index is 692. The van der Waals surface area contributed by atoms with Gasteiger partial charge in [-0.2, -0.15) is 0 Å². The van der Waals surface area contributed by atoms with Crippen LogP contribution in [0.5, 0.6) is 0 Å². The van der Waals surface area contributed by atoms with Gasteiger partial charge in [0.05, 0.1) is 22.8 Å². The van der Waals surface area contributed by atoms with Crippen LogP contribution in [0.25, 0.3) is 22.8 Å². The average Bonchev–Trinajstić information content (AvgIpc) is 2.71. The maximum atomic E-state index is 4.19. The molecule has 0 saturated carbocycles. The van der Waals surface area contributed by atoms with Gasteiger partial charge in [-0.1, -0.05) is 24.3 Å². The Kier molecular flexibility index (Phi) is 7.66. The Morgan fingerprint density at radius 2 is 0.600 bits per heavy atom. The van der Waals surface area contributed by atoms with Crippen molar-refractivity contribution in [2.75, 3.05) is 0 Å². The fourth-order valence-corrected chi connectivity index (χ4v) is 2.06. The topological polar surface area (TPSA) is 51.6 Å². The fraction of sp³-hybridized carbons (Fsp3) is 0. The SMILES string of the molecule is [Ag+].c1ccc(-c2ccccn2)nc1.c1ccc(-c2ccccn2)nc1. The van der Waals surface area contributed by atoms with Gasteiger partial charge in [-0.3, -0.25) is 19.9 Å². The third kappa shape index (κ3) is 5.72. The third-order valence-electron chi connectivity index (χ3n) is 3.18. The van der Waals surface area contributed by atoms with Crippen LogP contribution in [0, 0.1) is 0 Å². The molecular formula is C20H16AgN4+. The molecule has 0 atom stereocenters. The van der Waals surface area contributed by atoms with Crippen molar-refractivity contribution < 1.29 is 22.4 Å². The minimum Gasteiger partial charge on any atom is -0.255 e. The van der Waals surface area contributed by atoms with Crippen LogP contribution in [-0.2, 0) is 22.4 Å². The molecule has 25 heavy (non-hydrogen) atoms. The van der Waals surface area contributed by atoms with E-state index in [2.05, 4.69) is 19.9 Å². The van der Waals surface area contributed by atoms with Crippen molar-refractivity contribution in [2.45, 2.75) is 0 Å². The van der Waals surface area contributed by atoms with Crippen LogP contribution in [0.1, 0.15) is 0 Å². The zero-order valence-electron chi connectivity index (χ0n) is 13.3. The van der Waals surface area contributed by atoms with E-state index in [1.165, 1.54) is 0 Å². The molecule has 0 saturated heterocycles. The molecule has 126 valence electrons. The Morgan fingerprint density at radius 1 is 0.360 bits per heavy atom. The smallest absolute Gasteiger partial charge is 0.255 e. The van der Waals surface area contributed by atoms with Gasteiger partial charge in [-0.05, 0) is 48.5 Å². The van der Waals surface area contributed by atoms with Crippen molar-refractivity contribution in [3.63, 3.8) is 0 Å². The first-order valence-electron chi connectivity index (χ1n) is 7.58. The summed E-state index contributed by atoms with van der Waals surface area (Å²) in [6.45, 7) is 0. The summed E-state index contributed by atoms with van der Waals surface area (Å²) >= 11 is 0. The molecule has 0 unspecified atom stereocenters. The summed E-state index contributed by atoms with van der Waals surface area (Å²) < 4.78 is 0. The van der Waals surface area contributed by atoms with E-state index in [4.69, 9.17) is 0 Å². The second-order valence-electron chi connectivity index (χ2n) is 4.86. The second kappa shape index (κ2) is 10.3. The minimum absolute atomic E-state index is 0. The van der Waals surface area contributed by atoms with Crippen LogP contribution in [0.2, 0.25) is 0 Å². The summed E-state index contributed by atoms with van der Waals surface area (Å²) in [7, 11) is 0. The van der Waals surface area contributed by atoms with Crippen LogP contribution < -0.4 is 0 Å². The molecule has 4 nitrogen and oxygen atoms in total. The maximum Gasteiger partial charge on any atom is 1.00 e. The molecule has 4 rings (SSSR count). The van der Waals surface area contributed by atoms with Crippen molar-refractivity contribution in [2.24, 2.45) is 0 Å². The molecule has 0 spiro atoms. The van der Waals surface area contributed by atoms with E-state index in [-0.39, 0.29) is 22.4 Å². The largest absolute Gasteiger partial charge is 1.00 e. The summed E-state index contributed by atoms with van der Waals surface area (Å²) in [6.07, 6.45) is 7.07. The van der Waals surface area contributed by atoms with Gasteiger partial charge >= 0.3 is 22.4 Å². The zero-order valence-corrected chi connectivity index (χ0v) is 14.8. The maximum absolute atomic E-state index is 4.19. The molecule has 0 N–H and O–H groups in total. The molecular weight excluding hydrogens is 404 g/mol. The fourth-order valence-electron chi connectivity index (χ4n) is 2.06. The molecule has 0 fully saturated rings. The Morgan fingerprint density at radius 3 is 0.760 bits per heavy atom. The predicted molar refractivity (Wildman–Crippen MR) is 94.9 cm³/mol. The van der Waals surface area contributed by atoms with Gasteiger partial charge in [0.25, 0.3) is 0 Å². The van der Waals surface area contributed by atoms with Gasteiger partial charge in [-0.25, -0.2) is 0 Å². The number of aromatic nitrogens is 4. The number of nitrogens with zero attached hydrogens (tertiary/aromatic N) is 4. The number of hydrogen-bond acceptors (Lipinski definition) is 4. The van der Waals surface area contributed by atoms with Gasteiger partial charge in [0.15, 0.2) is 0 Å². The van der Waals surface area contributed by atoms with Crippen LogP contribution in [0.4, 0.5) is 0 Å². The zero-order chi connectivity index (χ0) is 16.5. The van der Waals surface area contributed by atoms with Crippen molar-refractivity contribution in [1.29, 1.82) is 0 Å². The molecule has 0 radical (unpaired) electrons. The first-order chi connectivity index (χ1) is 11.9. The minimum atomic E-state index is 0. The summed E-state index contributed by atoms with van der Waals surface area (Å²) in [4.78, 5) is 16.7. The van der Waals surface area contributed by atoms with E-state index in [9.17, 15) is 0 Å². The van der Waals surface area contributed by atoms with Crippen LogP contribution in [0.3, 0.4) is 0 Å². The summed E-state index contributed by atoms with van der Waals surface area (Å²) in [5.41, 5.74) is 3.66. The monoisotopic (exact) mass is 419 g/mol.